The summed E-state index contributed by atoms with van der Waals surface area (Å²) in [6.45, 7) is 2.13. The molecule has 2 aromatic rings. The highest BCUT2D eigenvalue weighted by molar-refractivity contribution is 7.10. The summed E-state index contributed by atoms with van der Waals surface area (Å²) < 4.78 is 5.26. The molecule has 1 saturated carbocycles. The highest BCUT2D eigenvalue weighted by Gasteiger charge is 2.33. The minimum absolute atomic E-state index is 0.253. The molecule has 1 aliphatic rings. The van der Waals surface area contributed by atoms with Crippen LogP contribution in [0, 0.1) is 5.92 Å². The van der Waals surface area contributed by atoms with Crippen molar-refractivity contribution < 1.29 is 9.52 Å². The van der Waals surface area contributed by atoms with E-state index in [4.69, 9.17) is 4.42 Å². The average molecular weight is 291 g/mol. The van der Waals surface area contributed by atoms with E-state index in [-0.39, 0.29) is 6.04 Å². The molecule has 0 saturated heterocycles. The van der Waals surface area contributed by atoms with Crippen LogP contribution in [0.3, 0.4) is 0 Å². The third-order valence-electron chi connectivity index (χ3n) is 3.86. The summed E-state index contributed by atoms with van der Waals surface area (Å²) in [5.41, 5.74) is 0. The summed E-state index contributed by atoms with van der Waals surface area (Å²) in [5.74, 6) is 1.41. The summed E-state index contributed by atoms with van der Waals surface area (Å²) in [6, 6.07) is 8.65. The molecule has 3 rings (SSSR count). The van der Waals surface area contributed by atoms with E-state index in [1.165, 1.54) is 17.7 Å². The quantitative estimate of drug-likeness (QED) is 0.813. The number of hydrogen-bond acceptors (Lipinski definition) is 4. The van der Waals surface area contributed by atoms with Crippen LogP contribution in [0.5, 0.6) is 0 Å². The molecule has 1 fully saturated rings. The molecule has 2 N–H and O–H groups in total. The molecule has 2 heterocycles. The minimum atomic E-state index is -0.532. The second kappa shape index (κ2) is 6.12. The Kier molecular flexibility index (Phi) is 4.24. The van der Waals surface area contributed by atoms with E-state index in [0.29, 0.717) is 18.2 Å². The molecule has 0 radical (unpaired) electrons. The number of aliphatic hydroxyl groups excluding tert-OH is 1. The molecule has 3 atom stereocenters. The molecule has 0 spiro atoms. The van der Waals surface area contributed by atoms with Gasteiger partial charge in [0, 0.05) is 17.0 Å². The van der Waals surface area contributed by atoms with Crippen molar-refractivity contribution in [2.75, 3.05) is 0 Å². The van der Waals surface area contributed by atoms with Gasteiger partial charge in [-0.25, -0.2) is 0 Å². The standard InChI is InChI=1S/C16H21NO2S/c1-11(10-13(18)14-4-2-8-19-14)17-16(12-6-7-12)15-5-3-9-20-15/h2-5,8-9,11-13,16-18H,6-7,10H2,1H3. The molecular weight excluding hydrogens is 270 g/mol. The zero-order chi connectivity index (χ0) is 13.9. The number of aliphatic hydroxyl groups is 1. The van der Waals surface area contributed by atoms with Gasteiger partial charge in [-0.2, -0.15) is 0 Å². The van der Waals surface area contributed by atoms with Gasteiger partial charge in [0.2, 0.25) is 0 Å². The van der Waals surface area contributed by atoms with E-state index in [1.54, 1.807) is 6.26 Å². The number of furan rings is 1. The summed E-state index contributed by atoms with van der Waals surface area (Å²) in [5, 5.41) is 16.0. The van der Waals surface area contributed by atoms with Crippen LogP contribution in [-0.4, -0.2) is 11.1 Å². The average Bonchev–Trinajstić information content (AvgIpc) is 2.95. The predicted molar refractivity (Wildman–Crippen MR) is 80.7 cm³/mol. The lowest BCUT2D eigenvalue weighted by atomic mass is 10.1. The number of nitrogens with one attached hydrogen (secondary N) is 1. The second-order valence-electron chi connectivity index (χ2n) is 5.67. The van der Waals surface area contributed by atoms with Gasteiger partial charge >= 0.3 is 0 Å². The Morgan fingerprint density at radius 2 is 2.25 bits per heavy atom. The van der Waals surface area contributed by atoms with E-state index >= 15 is 0 Å². The van der Waals surface area contributed by atoms with Gasteiger partial charge < -0.3 is 14.8 Å². The lowest BCUT2D eigenvalue weighted by Gasteiger charge is -2.23. The van der Waals surface area contributed by atoms with Crippen molar-refractivity contribution in [3.05, 3.63) is 46.5 Å². The van der Waals surface area contributed by atoms with Crippen molar-refractivity contribution >= 4 is 11.3 Å². The van der Waals surface area contributed by atoms with Crippen LogP contribution < -0.4 is 5.32 Å². The van der Waals surface area contributed by atoms with Crippen LogP contribution in [-0.2, 0) is 0 Å². The molecule has 3 unspecified atom stereocenters. The number of hydrogen-bond donors (Lipinski definition) is 2. The topological polar surface area (TPSA) is 45.4 Å². The van der Waals surface area contributed by atoms with Gasteiger partial charge in [0.05, 0.1) is 6.26 Å². The van der Waals surface area contributed by atoms with Crippen molar-refractivity contribution in [3.63, 3.8) is 0 Å². The maximum absolute atomic E-state index is 10.1. The summed E-state index contributed by atoms with van der Waals surface area (Å²) >= 11 is 1.81. The van der Waals surface area contributed by atoms with Gasteiger partial charge in [0.25, 0.3) is 0 Å². The van der Waals surface area contributed by atoms with E-state index in [0.717, 1.165) is 5.92 Å². The zero-order valence-electron chi connectivity index (χ0n) is 11.7. The first kappa shape index (κ1) is 13.9. The van der Waals surface area contributed by atoms with Crippen LogP contribution in [0.1, 0.15) is 49.0 Å². The molecule has 20 heavy (non-hydrogen) atoms. The maximum Gasteiger partial charge on any atom is 0.132 e. The monoisotopic (exact) mass is 291 g/mol. The lowest BCUT2D eigenvalue weighted by Crippen LogP contribution is -2.32. The van der Waals surface area contributed by atoms with Crippen LogP contribution >= 0.6 is 11.3 Å². The molecule has 0 aliphatic heterocycles. The van der Waals surface area contributed by atoms with E-state index < -0.39 is 6.10 Å². The third kappa shape index (κ3) is 3.32. The first-order valence-electron chi connectivity index (χ1n) is 7.25. The smallest absolute Gasteiger partial charge is 0.132 e. The molecule has 4 heteroatoms. The Bertz CT molecular complexity index is 505. The molecule has 0 aromatic carbocycles. The van der Waals surface area contributed by atoms with Crippen molar-refractivity contribution in [3.8, 4) is 0 Å². The van der Waals surface area contributed by atoms with Gasteiger partial charge in [-0.05, 0) is 55.7 Å². The fraction of sp³-hybridized carbons (Fsp3) is 0.500. The summed E-state index contributed by atoms with van der Waals surface area (Å²) in [4.78, 5) is 1.41. The van der Waals surface area contributed by atoms with E-state index in [9.17, 15) is 5.11 Å². The highest BCUT2D eigenvalue weighted by Crippen LogP contribution is 2.42. The van der Waals surface area contributed by atoms with Crippen molar-refractivity contribution in [2.24, 2.45) is 5.92 Å². The Labute approximate surface area is 123 Å². The lowest BCUT2D eigenvalue weighted by molar-refractivity contribution is 0.126. The Morgan fingerprint density at radius 1 is 1.40 bits per heavy atom. The molecular formula is C16H21NO2S. The van der Waals surface area contributed by atoms with Gasteiger partial charge in [-0.15, -0.1) is 11.3 Å². The summed E-state index contributed by atoms with van der Waals surface area (Å²) in [7, 11) is 0. The Balaban J connectivity index is 1.58. The fourth-order valence-corrected chi connectivity index (χ4v) is 3.53. The molecule has 0 amide bonds. The predicted octanol–water partition coefficient (Wildman–Crippen LogP) is 3.89. The first-order valence-corrected chi connectivity index (χ1v) is 8.13. The maximum atomic E-state index is 10.1. The third-order valence-corrected chi connectivity index (χ3v) is 4.81. The normalized spacial score (nSPS) is 19.7. The molecule has 1 aliphatic carbocycles. The van der Waals surface area contributed by atoms with Crippen LogP contribution in [0.4, 0.5) is 0 Å². The van der Waals surface area contributed by atoms with E-state index in [2.05, 4.69) is 29.8 Å². The summed E-state index contributed by atoms with van der Waals surface area (Å²) in [6.07, 6.45) is 4.36. The van der Waals surface area contributed by atoms with Crippen molar-refractivity contribution in [1.82, 2.24) is 5.32 Å². The largest absolute Gasteiger partial charge is 0.467 e. The van der Waals surface area contributed by atoms with Crippen LogP contribution in [0.25, 0.3) is 0 Å². The molecule has 3 nitrogen and oxygen atoms in total. The second-order valence-corrected chi connectivity index (χ2v) is 6.64. The number of rotatable bonds is 7. The van der Waals surface area contributed by atoms with Gasteiger partial charge in [-0.3, -0.25) is 0 Å². The van der Waals surface area contributed by atoms with E-state index in [1.807, 2.05) is 23.5 Å². The minimum Gasteiger partial charge on any atom is -0.467 e. The Morgan fingerprint density at radius 3 is 2.85 bits per heavy atom. The fourth-order valence-electron chi connectivity index (χ4n) is 2.65. The van der Waals surface area contributed by atoms with Crippen LogP contribution in [0.2, 0.25) is 0 Å². The molecule has 2 aromatic heterocycles. The van der Waals surface area contributed by atoms with Crippen LogP contribution in [0.15, 0.2) is 40.3 Å². The zero-order valence-corrected chi connectivity index (χ0v) is 12.5. The molecule has 108 valence electrons. The van der Waals surface area contributed by atoms with Gasteiger partial charge in [0.1, 0.15) is 11.9 Å². The SMILES string of the molecule is CC(CC(O)c1ccco1)NC(c1cccs1)C1CC1. The molecule has 0 bridgehead atoms. The highest BCUT2D eigenvalue weighted by atomic mass is 32.1. The first-order chi connectivity index (χ1) is 9.74. The van der Waals surface area contributed by atoms with Gasteiger partial charge in [-0.1, -0.05) is 6.07 Å². The Hall–Kier alpha value is -1.10. The van der Waals surface area contributed by atoms with Crippen molar-refractivity contribution in [2.45, 2.75) is 44.4 Å². The van der Waals surface area contributed by atoms with Gasteiger partial charge in [0.15, 0.2) is 0 Å². The van der Waals surface area contributed by atoms with Crippen molar-refractivity contribution in [1.29, 1.82) is 0 Å². The number of thiophene rings is 1.